The fourth-order valence-electron chi connectivity index (χ4n) is 3.25. The van der Waals surface area contributed by atoms with E-state index in [2.05, 4.69) is 10.3 Å². The first-order chi connectivity index (χ1) is 14.7. The summed E-state index contributed by atoms with van der Waals surface area (Å²) in [5.74, 6) is -1.00. The van der Waals surface area contributed by atoms with Crippen molar-refractivity contribution in [2.45, 2.75) is 6.04 Å². The van der Waals surface area contributed by atoms with E-state index < -0.39 is 17.9 Å². The quantitative estimate of drug-likeness (QED) is 0.516. The van der Waals surface area contributed by atoms with Crippen molar-refractivity contribution in [2.75, 3.05) is 7.11 Å². The van der Waals surface area contributed by atoms with Crippen molar-refractivity contribution in [3.05, 3.63) is 96.3 Å². The van der Waals surface area contributed by atoms with Gasteiger partial charge in [0.1, 0.15) is 0 Å². The normalized spacial score (nSPS) is 11.6. The summed E-state index contributed by atoms with van der Waals surface area (Å²) in [6, 6.07) is 22.9. The van der Waals surface area contributed by atoms with Crippen LogP contribution >= 0.6 is 0 Å². The summed E-state index contributed by atoms with van der Waals surface area (Å²) in [5, 5.41) is 3.46. The molecule has 0 aliphatic carbocycles. The van der Waals surface area contributed by atoms with E-state index in [-0.39, 0.29) is 0 Å². The Hall–Kier alpha value is -4.06. The number of benzene rings is 2. The number of amides is 1. The molecule has 2 aromatic heterocycles. The average molecular weight is 397 g/mol. The Morgan fingerprint density at radius 1 is 0.933 bits per heavy atom. The zero-order valence-electron chi connectivity index (χ0n) is 16.3. The van der Waals surface area contributed by atoms with Crippen LogP contribution in [0.3, 0.4) is 0 Å². The molecule has 1 unspecified atom stereocenters. The minimum Gasteiger partial charge on any atom is -0.467 e. The summed E-state index contributed by atoms with van der Waals surface area (Å²) in [6.07, 6.45) is 1.56. The molecule has 1 N–H and O–H groups in total. The van der Waals surface area contributed by atoms with E-state index in [0.29, 0.717) is 27.9 Å². The summed E-state index contributed by atoms with van der Waals surface area (Å²) in [4.78, 5) is 34.5. The molecule has 6 heteroatoms. The van der Waals surface area contributed by atoms with Gasteiger partial charge < -0.3 is 10.1 Å². The Morgan fingerprint density at radius 2 is 1.67 bits per heavy atom. The van der Waals surface area contributed by atoms with Crippen molar-refractivity contribution in [3.8, 4) is 11.3 Å². The third-order valence-electron chi connectivity index (χ3n) is 4.73. The van der Waals surface area contributed by atoms with Gasteiger partial charge in [-0.3, -0.25) is 9.78 Å². The lowest BCUT2D eigenvalue weighted by molar-refractivity contribution is -0.143. The van der Waals surface area contributed by atoms with Crippen LogP contribution in [0.1, 0.15) is 22.1 Å². The molecule has 2 heterocycles. The number of carbonyl (C=O) groups excluding carboxylic acids is 2. The van der Waals surface area contributed by atoms with Gasteiger partial charge >= 0.3 is 5.97 Å². The Kier molecular flexibility index (Phi) is 5.48. The third-order valence-corrected chi connectivity index (χ3v) is 4.73. The van der Waals surface area contributed by atoms with Gasteiger partial charge in [0, 0.05) is 17.1 Å². The van der Waals surface area contributed by atoms with Gasteiger partial charge in [-0.05, 0) is 24.3 Å². The van der Waals surface area contributed by atoms with Crippen molar-refractivity contribution in [3.63, 3.8) is 0 Å². The van der Waals surface area contributed by atoms with Crippen LogP contribution in [0, 0.1) is 0 Å². The van der Waals surface area contributed by atoms with Gasteiger partial charge in [0.25, 0.3) is 5.91 Å². The summed E-state index contributed by atoms with van der Waals surface area (Å²) in [6.45, 7) is 0. The van der Waals surface area contributed by atoms with Crippen LogP contribution in [0.25, 0.3) is 22.2 Å². The summed E-state index contributed by atoms with van der Waals surface area (Å²) in [5.41, 5.74) is 3.08. The number of para-hydroxylation sites is 1. The number of hydrogen-bond donors (Lipinski definition) is 1. The van der Waals surface area contributed by atoms with Crippen LogP contribution in [0.4, 0.5) is 0 Å². The topological polar surface area (TPSA) is 81.2 Å². The fourth-order valence-corrected chi connectivity index (χ4v) is 3.25. The number of nitrogens with one attached hydrogen (secondary N) is 1. The predicted molar refractivity (Wildman–Crippen MR) is 114 cm³/mol. The first kappa shape index (κ1) is 19.3. The lowest BCUT2D eigenvalue weighted by Crippen LogP contribution is -2.35. The molecule has 0 saturated heterocycles. The fraction of sp³-hybridized carbons (Fsp3) is 0.0833. The zero-order valence-corrected chi connectivity index (χ0v) is 16.3. The SMILES string of the molecule is COC(=O)C(NC(=O)c1cc(-c2ccccc2)nc2ccccc12)c1ccccn1. The Labute approximate surface area is 173 Å². The standard InChI is InChI=1S/C24H19N3O3/c1-30-24(29)22(20-13-7-8-14-25-20)27-23(28)18-15-21(16-9-3-2-4-10-16)26-19-12-6-5-11-17(18)19/h2-15,22H,1H3,(H,27,28). The first-order valence-corrected chi connectivity index (χ1v) is 9.42. The number of pyridine rings is 2. The van der Waals surface area contributed by atoms with Crippen LogP contribution in [-0.4, -0.2) is 29.0 Å². The van der Waals surface area contributed by atoms with E-state index >= 15 is 0 Å². The molecule has 30 heavy (non-hydrogen) atoms. The van der Waals surface area contributed by atoms with Crippen molar-refractivity contribution < 1.29 is 14.3 Å². The Morgan fingerprint density at radius 3 is 2.40 bits per heavy atom. The second-order valence-corrected chi connectivity index (χ2v) is 6.62. The van der Waals surface area contributed by atoms with Crippen LogP contribution < -0.4 is 5.32 Å². The van der Waals surface area contributed by atoms with Crippen molar-refractivity contribution in [1.29, 1.82) is 0 Å². The molecular formula is C24H19N3O3. The minimum atomic E-state index is -1.02. The van der Waals surface area contributed by atoms with Gasteiger partial charge in [-0.1, -0.05) is 54.6 Å². The molecule has 0 radical (unpaired) electrons. The summed E-state index contributed by atoms with van der Waals surface area (Å²) >= 11 is 0. The summed E-state index contributed by atoms with van der Waals surface area (Å²) in [7, 11) is 1.28. The molecular weight excluding hydrogens is 378 g/mol. The molecule has 0 saturated carbocycles. The molecule has 4 rings (SSSR count). The first-order valence-electron chi connectivity index (χ1n) is 9.42. The molecule has 0 spiro atoms. The minimum absolute atomic E-state index is 0.402. The van der Waals surface area contributed by atoms with Crippen molar-refractivity contribution >= 4 is 22.8 Å². The smallest absolute Gasteiger partial charge is 0.334 e. The molecule has 0 aliphatic rings. The van der Waals surface area contributed by atoms with Gasteiger partial charge in [0.05, 0.1) is 29.6 Å². The van der Waals surface area contributed by atoms with Crippen molar-refractivity contribution in [1.82, 2.24) is 15.3 Å². The van der Waals surface area contributed by atoms with E-state index in [1.54, 1.807) is 30.5 Å². The molecule has 1 amide bonds. The van der Waals surface area contributed by atoms with E-state index in [4.69, 9.17) is 9.72 Å². The van der Waals surface area contributed by atoms with E-state index in [1.807, 2.05) is 54.6 Å². The number of ether oxygens (including phenoxy) is 1. The molecule has 2 aromatic carbocycles. The largest absolute Gasteiger partial charge is 0.467 e. The number of nitrogens with zero attached hydrogens (tertiary/aromatic N) is 2. The molecule has 0 fully saturated rings. The van der Waals surface area contributed by atoms with E-state index in [9.17, 15) is 9.59 Å². The molecule has 1 atom stereocenters. The van der Waals surface area contributed by atoms with Crippen LogP contribution in [0.5, 0.6) is 0 Å². The number of aromatic nitrogens is 2. The highest BCUT2D eigenvalue weighted by Gasteiger charge is 2.26. The Bertz CT molecular complexity index is 1190. The second kappa shape index (κ2) is 8.53. The lowest BCUT2D eigenvalue weighted by atomic mass is 10.0. The Balaban J connectivity index is 1.77. The number of rotatable bonds is 5. The number of carbonyl (C=O) groups is 2. The van der Waals surface area contributed by atoms with Gasteiger partial charge in [0.15, 0.2) is 6.04 Å². The molecule has 0 aliphatic heterocycles. The highest BCUT2D eigenvalue weighted by atomic mass is 16.5. The van der Waals surface area contributed by atoms with Crippen molar-refractivity contribution in [2.24, 2.45) is 0 Å². The maximum atomic E-state index is 13.3. The van der Waals surface area contributed by atoms with Gasteiger partial charge in [0.2, 0.25) is 0 Å². The van der Waals surface area contributed by atoms with E-state index in [0.717, 1.165) is 5.56 Å². The third kappa shape index (κ3) is 3.89. The van der Waals surface area contributed by atoms with Crippen LogP contribution in [0.15, 0.2) is 85.1 Å². The van der Waals surface area contributed by atoms with Crippen LogP contribution in [-0.2, 0) is 9.53 Å². The molecule has 4 aromatic rings. The monoisotopic (exact) mass is 397 g/mol. The highest BCUT2D eigenvalue weighted by molar-refractivity contribution is 6.08. The van der Waals surface area contributed by atoms with Gasteiger partial charge in [-0.15, -0.1) is 0 Å². The maximum Gasteiger partial charge on any atom is 0.334 e. The number of esters is 1. The average Bonchev–Trinajstić information content (AvgIpc) is 2.82. The number of methoxy groups -OCH3 is 1. The molecule has 148 valence electrons. The number of hydrogen-bond acceptors (Lipinski definition) is 5. The lowest BCUT2D eigenvalue weighted by Gasteiger charge is -2.17. The predicted octanol–water partition coefficient (Wildman–Crippen LogP) is 3.94. The summed E-state index contributed by atoms with van der Waals surface area (Å²) < 4.78 is 4.88. The molecule has 0 bridgehead atoms. The maximum absolute atomic E-state index is 13.3. The van der Waals surface area contributed by atoms with Gasteiger partial charge in [-0.2, -0.15) is 0 Å². The zero-order chi connectivity index (χ0) is 20.9. The number of fused-ring (bicyclic) bond motifs is 1. The second-order valence-electron chi connectivity index (χ2n) is 6.62. The van der Waals surface area contributed by atoms with Crippen LogP contribution in [0.2, 0.25) is 0 Å². The van der Waals surface area contributed by atoms with Gasteiger partial charge in [-0.25, -0.2) is 9.78 Å². The highest BCUT2D eigenvalue weighted by Crippen LogP contribution is 2.25. The van der Waals surface area contributed by atoms with E-state index in [1.165, 1.54) is 7.11 Å². The molecule has 6 nitrogen and oxygen atoms in total.